The minimum absolute atomic E-state index is 0.689. The molecule has 0 unspecified atom stereocenters. The van der Waals surface area contributed by atoms with Gasteiger partial charge in [-0.3, -0.25) is 4.90 Å². The van der Waals surface area contributed by atoms with Crippen LogP contribution in [0.1, 0.15) is 44.7 Å². The van der Waals surface area contributed by atoms with Gasteiger partial charge >= 0.3 is 0 Å². The van der Waals surface area contributed by atoms with E-state index < -0.39 is 0 Å². The Morgan fingerprint density at radius 3 is 2.40 bits per heavy atom. The maximum atomic E-state index is 5.38. The zero-order valence-electron chi connectivity index (χ0n) is 13.5. The first-order chi connectivity index (χ1) is 9.69. The number of fused-ring (bicyclic) bond motifs is 1. The first-order valence-corrected chi connectivity index (χ1v) is 8.09. The molecule has 0 aromatic heterocycles. The van der Waals surface area contributed by atoms with Crippen molar-refractivity contribution in [2.24, 2.45) is 5.92 Å². The van der Waals surface area contributed by atoms with Gasteiger partial charge in [-0.05, 0) is 68.0 Å². The van der Waals surface area contributed by atoms with E-state index in [9.17, 15) is 0 Å². The average molecular weight is 275 g/mol. The van der Waals surface area contributed by atoms with Gasteiger partial charge in [-0.25, -0.2) is 0 Å². The van der Waals surface area contributed by atoms with Gasteiger partial charge in [0.2, 0.25) is 0 Å². The monoisotopic (exact) mass is 275 g/mol. The summed E-state index contributed by atoms with van der Waals surface area (Å²) in [5.74, 6) is 1.74. The van der Waals surface area contributed by atoms with E-state index in [1.807, 2.05) is 0 Å². The number of benzene rings is 1. The Morgan fingerprint density at radius 2 is 1.80 bits per heavy atom. The lowest BCUT2D eigenvalue weighted by molar-refractivity contribution is 0.139. The van der Waals surface area contributed by atoms with Crippen LogP contribution < -0.4 is 4.74 Å². The first kappa shape index (κ1) is 15.4. The topological polar surface area (TPSA) is 12.5 Å². The van der Waals surface area contributed by atoms with E-state index in [4.69, 9.17) is 4.74 Å². The van der Waals surface area contributed by atoms with Gasteiger partial charge in [-0.1, -0.05) is 26.8 Å². The lowest BCUT2D eigenvalue weighted by Gasteiger charge is -2.39. The van der Waals surface area contributed by atoms with Crippen molar-refractivity contribution in [3.05, 3.63) is 29.3 Å². The minimum Gasteiger partial charge on any atom is -0.497 e. The van der Waals surface area contributed by atoms with Gasteiger partial charge in [0.05, 0.1) is 7.11 Å². The van der Waals surface area contributed by atoms with Gasteiger partial charge in [0, 0.05) is 6.04 Å². The lowest BCUT2D eigenvalue weighted by atomic mass is 9.80. The SMILES string of the molecule is CCCN(CCC)[C@H]1Cc2cc(OC)ccc2C[C@H]1C. The van der Waals surface area contributed by atoms with Crippen molar-refractivity contribution < 1.29 is 4.74 Å². The molecule has 0 amide bonds. The van der Waals surface area contributed by atoms with Crippen LogP contribution in [0, 0.1) is 5.92 Å². The van der Waals surface area contributed by atoms with E-state index in [1.54, 1.807) is 7.11 Å². The predicted molar refractivity (Wildman–Crippen MR) is 85.5 cm³/mol. The molecular formula is C18H29NO. The zero-order valence-corrected chi connectivity index (χ0v) is 13.5. The fourth-order valence-corrected chi connectivity index (χ4v) is 3.53. The van der Waals surface area contributed by atoms with E-state index >= 15 is 0 Å². The number of hydrogen-bond acceptors (Lipinski definition) is 2. The van der Waals surface area contributed by atoms with Crippen LogP contribution in [0.3, 0.4) is 0 Å². The summed E-state index contributed by atoms with van der Waals surface area (Å²) < 4.78 is 5.38. The van der Waals surface area contributed by atoms with E-state index in [1.165, 1.54) is 49.9 Å². The van der Waals surface area contributed by atoms with E-state index in [2.05, 4.69) is 43.9 Å². The van der Waals surface area contributed by atoms with Crippen LogP contribution in [0.4, 0.5) is 0 Å². The fourth-order valence-electron chi connectivity index (χ4n) is 3.53. The van der Waals surface area contributed by atoms with Crippen LogP contribution in [-0.2, 0) is 12.8 Å². The molecule has 0 spiro atoms. The molecule has 112 valence electrons. The Bertz CT molecular complexity index is 423. The van der Waals surface area contributed by atoms with Gasteiger partial charge in [0.15, 0.2) is 0 Å². The molecule has 0 radical (unpaired) electrons. The first-order valence-electron chi connectivity index (χ1n) is 8.09. The third-order valence-corrected chi connectivity index (χ3v) is 4.53. The largest absolute Gasteiger partial charge is 0.497 e. The number of ether oxygens (including phenoxy) is 1. The molecule has 0 bridgehead atoms. The van der Waals surface area contributed by atoms with Gasteiger partial charge in [-0.15, -0.1) is 0 Å². The molecule has 2 atom stereocenters. The van der Waals surface area contributed by atoms with Crippen LogP contribution in [-0.4, -0.2) is 31.1 Å². The standard InChI is InChI=1S/C18H29NO/c1-5-9-19(10-6-2)18-13-16-12-17(20-4)8-7-15(16)11-14(18)3/h7-8,12,14,18H,5-6,9-11,13H2,1-4H3/t14-,18+/m1/s1. The summed E-state index contributed by atoms with van der Waals surface area (Å²) in [5.41, 5.74) is 3.01. The van der Waals surface area contributed by atoms with Gasteiger partial charge in [-0.2, -0.15) is 0 Å². The number of hydrogen-bond donors (Lipinski definition) is 0. The third kappa shape index (κ3) is 3.35. The summed E-state index contributed by atoms with van der Waals surface area (Å²) in [5, 5.41) is 0. The number of rotatable bonds is 6. The van der Waals surface area contributed by atoms with Crippen LogP contribution in [0.2, 0.25) is 0 Å². The van der Waals surface area contributed by atoms with E-state index in [0.717, 1.165) is 11.7 Å². The molecule has 1 aliphatic rings. The molecule has 1 aliphatic carbocycles. The Morgan fingerprint density at radius 1 is 1.10 bits per heavy atom. The maximum absolute atomic E-state index is 5.38. The highest BCUT2D eigenvalue weighted by atomic mass is 16.5. The summed E-state index contributed by atoms with van der Waals surface area (Å²) in [4.78, 5) is 2.70. The van der Waals surface area contributed by atoms with Crippen molar-refractivity contribution in [3.63, 3.8) is 0 Å². The second-order valence-corrected chi connectivity index (χ2v) is 6.12. The summed E-state index contributed by atoms with van der Waals surface area (Å²) in [6, 6.07) is 7.28. The predicted octanol–water partition coefficient (Wildman–Crippen LogP) is 3.92. The molecule has 2 heteroatoms. The van der Waals surface area contributed by atoms with E-state index in [0.29, 0.717) is 6.04 Å². The Balaban J connectivity index is 2.19. The quantitative estimate of drug-likeness (QED) is 0.780. The van der Waals surface area contributed by atoms with Crippen LogP contribution in [0.5, 0.6) is 5.75 Å². The highest BCUT2D eigenvalue weighted by Crippen LogP contribution is 2.31. The molecule has 20 heavy (non-hydrogen) atoms. The Hall–Kier alpha value is -1.02. The molecule has 1 aromatic rings. The molecule has 1 aromatic carbocycles. The van der Waals surface area contributed by atoms with Crippen molar-refractivity contribution >= 4 is 0 Å². The molecule has 2 nitrogen and oxygen atoms in total. The van der Waals surface area contributed by atoms with Crippen molar-refractivity contribution in [2.75, 3.05) is 20.2 Å². The normalized spacial score (nSPS) is 21.9. The molecule has 0 saturated heterocycles. The summed E-state index contributed by atoms with van der Waals surface area (Å²) >= 11 is 0. The molecule has 0 heterocycles. The van der Waals surface area contributed by atoms with Crippen LogP contribution in [0.15, 0.2) is 18.2 Å². The third-order valence-electron chi connectivity index (χ3n) is 4.53. The highest BCUT2D eigenvalue weighted by molar-refractivity contribution is 5.38. The number of methoxy groups -OCH3 is 1. The molecule has 0 N–H and O–H groups in total. The van der Waals surface area contributed by atoms with Crippen molar-refractivity contribution in [1.82, 2.24) is 4.90 Å². The van der Waals surface area contributed by atoms with Gasteiger partial charge in [0.1, 0.15) is 5.75 Å². The highest BCUT2D eigenvalue weighted by Gasteiger charge is 2.29. The van der Waals surface area contributed by atoms with Crippen LogP contribution >= 0.6 is 0 Å². The average Bonchev–Trinajstić information content (AvgIpc) is 2.46. The number of nitrogens with zero attached hydrogens (tertiary/aromatic N) is 1. The molecular weight excluding hydrogens is 246 g/mol. The smallest absolute Gasteiger partial charge is 0.119 e. The summed E-state index contributed by atoms with van der Waals surface area (Å²) in [7, 11) is 1.76. The molecule has 0 aliphatic heterocycles. The molecule has 0 fully saturated rings. The second kappa shape index (κ2) is 7.12. The van der Waals surface area contributed by atoms with Crippen molar-refractivity contribution in [2.45, 2.75) is 52.5 Å². The zero-order chi connectivity index (χ0) is 14.5. The van der Waals surface area contributed by atoms with Crippen molar-refractivity contribution in [1.29, 1.82) is 0 Å². The molecule has 2 rings (SSSR count). The summed E-state index contributed by atoms with van der Waals surface area (Å²) in [6.07, 6.45) is 4.87. The van der Waals surface area contributed by atoms with E-state index in [-0.39, 0.29) is 0 Å². The second-order valence-electron chi connectivity index (χ2n) is 6.12. The Kier molecular flexibility index (Phi) is 5.47. The fraction of sp³-hybridized carbons (Fsp3) is 0.667. The molecule has 0 saturated carbocycles. The van der Waals surface area contributed by atoms with Crippen molar-refractivity contribution in [3.8, 4) is 5.75 Å². The minimum atomic E-state index is 0.689. The lowest BCUT2D eigenvalue weighted by Crippen LogP contribution is -2.45. The maximum Gasteiger partial charge on any atom is 0.119 e. The summed E-state index contributed by atoms with van der Waals surface area (Å²) in [6.45, 7) is 9.43. The van der Waals surface area contributed by atoms with Gasteiger partial charge in [0.25, 0.3) is 0 Å². The van der Waals surface area contributed by atoms with Gasteiger partial charge < -0.3 is 4.74 Å². The van der Waals surface area contributed by atoms with Crippen LogP contribution in [0.25, 0.3) is 0 Å². The Labute approximate surface area is 124 Å².